The Morgan fingerprint density at radius 2 is 1.33 bits per heavy atom. The molecule has 1 aromatic heterocycles. The summed E-state index contributed by atoms with van der Waals surface area (Å²) in [5.41, 5.74) is -2.03. The molecule has 0 saturated carbocycles. The number of hydrogen-bond acceptors (Lipinski definition) is 7. The number of H-pyrrole nitrogens is 1. The number of aliphatic hydroxyl groups is 2. The van der Waals surface area contributed by atoms with Gasteiger partial charge in [0.15, 0.2) is 6.23 Å². The molecule has 2 unspecified atom stereocenters. The number of aromatic nitrogens is 2. The van der Waals surface area contributed by atoms with Gasteiger partial charge in [-0.2, -0.15) is 74.6 Å². The highest BCUT2D eigenvalue weighted by atomic mass is 19.4. The Morgan fingerprint density at radius 1 is 0.854 bits per heavy atom. The summed E-state index contributed by atoms with van der Waals surface area (Å²) in [4.78, 5) is 25.2. The molecule has 5 atom stereocenters. The number of rotatable bonds is 15. The van der Waals surface area contributed by atoms with Gasteiger partial charge >= 0.3 is 53.4 Å². The Balaban J connectivity index is 2.32. The van der Waals surface area contributed by atoms with E-state index in [-0.39, 0.29) is 11.7 Å². The van der Waals surface area contributed by atoms with Gasteiger partial charge in [-0.1, -0.05) is 6.92 Å². The van der Waals surface area contributed by atoms with Crippen LogP contribution < -0.4 is 16.6 Å². The van der Waals surface area contributed by atoms with Gasteiger partial charge in [0, 0.05) is 24.9 Å². The van der Waals surface area contributed by atoms with Crippen molar-refractivity contribution in [3.63, 3.8) is 0 Å². The topological polar surface area (TPSA) is 126 Å². The average molecular weight is 747 g/mol. The van der Waals surface area contributed by atoms with E-state index in [1.54, 1.807) is 0 Å². The first-order valence-corrected chi connectivity index (χ1v) is 12.8. The van der Waals surface area contributed by atoms with E-state index in [0.29, 0.717) is 4.57 Å². The maximum atomic E-state index is 14.3. The Labute approximate surface area is 254 Å². The standard InChI is InChI=1S/C22H22F17N3O6/c1-2-9-11(45)12(13(48-9)42-5-3-10(44)40-14(42)46)47-6-4-8(7-43)41-22(38,39)20(33,34)18(29,30)16(25,26)15(23,24)17(27,28)19(31,32)21(35,36)37/h3,5,8-9,11-13,41,43,45H,2,4,6-7H2,1H3,(H,40,44,46)/t8?,9-,11?,12+,13-/m1/s1. The van der Waals surface area contributed by atoms with Gasteiger partial charge in [-0.05, 0) is 12.8 Å². The first-order chi connectivity index (χ1) is 21.4. The van der Waals surface area contributed by atoms with E-state index < -0.39 is 109 Å². The summed E-state index contributed by atoms with van der Waals surface area (Å²) in [6.07, 6.45) is -14.3. The molecule has 0 bridgehead atoms. The molecule has 0 aromatic carbocycles. The van der Waals surface area contributed by atoms with Crippen molar-refractivity contribution < 1.29 is 94.3 Å². The Morgan fingerprint density at radius 3 is 1.77 bits per heavy atom. The molecule has 1 aromatic rings. The minimum atomic E-state index is -8.78. The SMILES string of the molecule is CC[C@H]1O[C@@H](n2ccc(=O)[nH]c2=O)[C@@H](OCCC(CO)NC(F)(F)C(F)(F)C(F)(F)C(F)(F)C(F)(F)C(F)(F)C(F)(F)C(F)(F)F)C1O. The summed E-state index contributed by atoms with van der Waals surface area (Å²) in [5.74, 6) is -51.0. The highest BCUT2D eigenvalue weighted by Crippen LogP contribution is 2.63. The van der Waals surface area contributed by atoms with Crippen LogP contribution in [0.5, 0.6) is 0 Å². The van der Waals surface area contributed by atoms with Crippen LogP contribution in [-0.4, -0.2) is 105 Å². The van der Waals surface area contributed by atoms with E-state index in [0.717, 1.165) is 12.3 Å². The van der Waals surface area contributed by atoms with E-state index in [1.165, 1.54) is 6.92 Å². The van der Waals surface area contributed by atoms with Crippen molar-refractivity contribution in [2.45, 2.75) is 98.1 Å². The fraction of sp³-hybridized carbons (Fsp3) is 0.818. The summed E-state index contributed by atoms with van der Waals surface area (Å²) in [6.45, 7) is -1.47. The molecule has 48 heavy (non-hydrogen) atoms. The number of ether oxygens (including phenoxy) is 2. The van der Waals surface area contributed by atoms with Gasteiger partial charge < -0.3 is 19.7 Å². The Bertz CT molecular complexity index is 1380. The van der Waals surface area contributed by atoms with Crippen molar-refractivity contribution in [1.29, 1.82) is 0 Å². The molecule has 280 valence electrons. The van der Waals surface area contributed by atoms with Crippen molar-refractivity contribution in [2.24, 2.45) is 0 Å². The van der Waals surface area contributed by atoms with Crippen LogP contribution in [0.1, 0.15) is 26.0 Å². The quantitative estimate of drug-likeness (QED) is 0.159. The molecule has 9 nitrogen and oxygen atoms in total. The fourth-order valence-electron chi connectivity index (χ4n) is 4.15. The lowest BCUT2D eigenvalue weighted by molar-refractivity contribution is -0.463. The number of hydrogen-bond donors (Lipinski definition) is 4. The van der Waals surface area contributed by atoms with Crippen molar-refractivity contribution >= 4 is 0 Å². The largest absolute Gasteiger partial charge is 0.460 e. The number of nitrogens with zero attached hydrogens (tertiary/aromatic N) is 1. The zero-order valence-electron chi connectivity index (χ0n) is 23.3. The molecule has 0 amide bonds. The maximum absolute atomic E-state index is 14.3. The third kappa shape index (κ3) is 6.60. The second-order valence-corrected chi connectivity index (χ2v) is 10.1. The number of aliphatic hydroxyl groups excluding tert-OH is 2. The molecule has 1 aliphatic heterocycles. The lowest BCUT2D eigenvalue weighted by atomic mass is 9.90. The second-order valence-electron chi connectivity index (χ2n) is 10.1. The smallest absolute Gasteiger partial charge is 0.395 e. The average Bonchev–Trinajstić information content (AvgIpc) is 3.25. The molecule has 1 saturated heterocycles. The number of halogens is 17. The molecule has 4 N–H and O–H groups in total. The summed E-state index contributed by atoms with van der Waals surface area (Å²) in [7, 11) is 0. The van der Waals surface area contributed by atoms with Gasteiger partial charge in [0.25, 0.3) is 5.56 Å². The van der Waals surface area contributed by atoms with Crippen LogP contribution >= 0.6 is 0 Å². The predicted octanol–water partition coefficient (Wildman–Crippen LogP) is 3.90. The van der Waals surface area contributed by atoms with E-state index in [9.17, 15) is 94.4 Å². The second kappa shape index (κ2) is 13.2. The Hall–Kier alpha value is -2.71. The molecule has 2 rings (SSSR count). The highest BCUT2D eigenvalue weighted by Gasteiger charge is 2.95. The summed E-state index contributed by atoms with van der Waals surface area (Å²) >= 11 is 0. The van der Waals surface area contributed by atoms with Gasteiger partial charge in [-0.3, -0.25) is 14.3 Å². The zero-order chi connectivity index (χ0) is 37.7. The van der Waals surface area contributed by atoms with Crippen LogP contribution in [0.4, 0.5) is 74.6 Å². The number of nitrogens with one attached hydrogen (secondary N) is 2. The Kier molecular flexibility index (Phi) is 11.4. The van der Waals surface area contributed by atoms with Gasteiger partial charge in [-0.25, -0.2) is 10.1 Å². The van der Waals surface area contributed by atoms with Gasteiger partial charge in [0.2, 0.25) is 0 Å². The highest BCUT2D eigenvalue weighted by molar-refractivity contribution is 5.15. The number of aromatic amines is 1. The van der Waals surface area contributed by atoms with Crippen LogP contribution in [0.25, 0.3) is 0 Å². The summed E-state index contributed by atoms with van der Waals surface area (Å²) in [6, 6.07) is -8.85. The van der Waals surface area contributed by atoms with E-state index in [2.05, 4.69) is 0 Å². The number of alkyl halides is 17. The van der Waals surface area contributed by atoms with Crippen LogP contribution in [0, 0.1) is 0 Å². The fourth-order valence-corrected chi connectivity index (χ4v) is 4.15. The van der Waals surface area contributed by atoms with Gasteiger partial charge in [0.05, 0.1) is 12.7 Å². The molecular formula is C22H22F17N3O6. The van der Waals surface area contributed by atoms with Gasteiger partial charge in [-0.15, -0.1) is 0 Å². The third-order valence-electron chi connectivity index (χ3n) is 6.94. The normalized spacial score (nSPS) is 23.1. The lowest BCUT2D eigenvalue weighted by Crippen LogP contribution is -2.76. The molecule has 1 fully saturated rings. The van der Waals surface area contributed by atoms with Crippen LogP contribution in [0.2, 0.25) is 0 Å². The lowest BCUT2D eigenvalue weighted by Gasteiger charge is -2.43. The van der Waals surface area contributed by atoms with Crippen LogP contribution in [-0.2, 0) is 9.47 Å². The van der Waals surface area contributed by atoms with Crippen molar-refractivity contribution in [3.8, 4) is 0 Å². The molecule has 2 heterocycles. The third-order valence-corrected chi connectivity index (χ3v) is 6.94. The summed E-state index contributed by atoms with van der Waals surface area (Å²) < 4.78 is 241. The van der Waals surface area contributed by atoms with Crippen molar-refractivity contribution in [2.75, 3.05) is 13.2 Å². The van der Waals surface area contributed by atoms with Crippen LogP contribution in [0.15, 0.2) is 21.9 Å². The first-order valence-electron chi connectivity index (χ1n) is 12.8. The summed E-state index contributed by atoms with van der Waals surface area (Å²) in [5, 5.41) is 19.8. The molecule has 0 radical (unpaired) electrons. The molecule has 1 aliphatic rings. The maximum Gasteiger partial charge on any atom is 0.460 e. The minimum Gasteiger partial charge on any atom is -0.395 e. The van der Waals surface area contributed by atoms with E-state index in [4.69, 9.17) is 9.47 Å². The van der Waals surface area contributed by atoms with E-state index >= 15 is 0 Å². The monoisotopic (exact) mass is 747 g/mol. The molecule has 26 heteroatoms. The van der Waals surface area contributed by atoms with Crippen LogP contribution in [0.3, 0.4) is 0 Å². The minimum absolute atomic E-state index is 0.0232. The molecular weight excluding hydrogens is 725 g/mol. The van der Waals surface area contributed by atoms with Crippen molar-refractivity contribution in [3.05, 3.63) is 33.1 Å². The van der Waals surface area contributed by atoms with E-state index in [1.807, 2.05) is 4.98 Å². The zero-order valence-corrected chi connectivity index (χ0v) is 23.3. The van der Waals surface area contributed by atoms with Gasteiger partial charge in [0.1, 0.15) is 12.2 Å². The molecule has 0 aliphatic carbocycles. The molecule has 0 spiro atoms. The predicted molar refractivity (Wildman–Crippen MR) is 121 cm³/mol. The van der Waals surface area contributed by atoms with Crippen molar-refractivity contribution in [1.82, 2.24) is 14.9 Å². The first kappa shape index (κ1) is 41.5.